The van der Waals surface area contributed by atoms with Gasteiger partial charge in [-0.2, -0.15) is 0 Å². The van der Waals surface area contributed by atoms with Crippen molar-refractivity contribution in [3.63, 3.8) is 0 Å². The van der Waals surface area contributed by atoms with Gasteiger partial charge in [0.2, 0.25) is 5.82 Å². The number of aromatic nitrogens is 2. The Labute approximate surface area is 158 Å². The number of nitrogens with zero attached hydrogens (tertiary/aromatic N) is 2. The summed E-state index contributed by atoms with van der Waals surface area (Å²) in [6, 6.07) is 12.9. The number of anilines is 1. The quantitative estimate of drug-likeness (QED) is 0.701. The molecule has 2 amide bonds. The SMILES string of the molecule is Cc1ccccc1NC(=O)c1nc(C(=O)NCCC(C)C)c2ccccn12. The first kappa shape index (κ1) is 18.6. The number of rotatable bonds is 6. The van der Waals surface area contributed by atoms with Gasteiger partial charge >= 0.3 is 0 Å². The van der Waals surface area contributed by atoms with Crippen molar-refractivity contribution >= 4 is 23.0 Å². The number of fused-ring (bicyclic) bond motifs is 1. The van der Waals surface area contributed by atoms with Crippen LogP contribution in [0.2, 0.25) is 0 Å². The van der Waals surface area contributed by atoms with E-state index in [9.17, 15) is 9.59 Å². The summed E-state index contributed by atoms with van der Waals surface area (Å²) in [7, 11) is 0. The van der Waals surface area contributed by atoms with Crippen LogP contribution in [0.5, 0.6) is 0 Å². The van der Waals surface area contributed by atoms with Crippen molar-refractivity contribution in [2.24, 2.45) is 5.92 Å². The molecule has 0 aliphatic carbocycles. The van der Waals surface area contributed by atoms with Crippen LogP contribution < -0.4 is 10.6 Å². The Balaban J connectivity index is 1.89. The number of nitrogens with one attached hydrogen (secondary N) is 2. The Morgan fingerprint density at radius 2 is 1.81 bits per heavy atom. The number of carbonyl (C=O) groups is 2. The minimum atomic E-state index is -0.355. The molecule has 6 nitrogen and oxygen atoms in total. The van der Waals surface area contributed by atoms with Gasteiger partial charge in [-0.3, -0.25) is 14.0 Å². The van der Waals surface area contributed by atoms with Crippen LogP contribution in [0.15, 0.2) is 48.7 Å². The Hall–Kier alpha value is -3.15. The molecule has 1 aromatic carbocycles. The topological polar surface area (TPSA) is 75.5 Å². The monoisotopic (exact) mass is 364 g/mol. The fourth-order valence-corrected chi connectivity index (χ4v) is 2.81. The first-order valence-corrected chi connectivity index (χ1v) is 9.09. The lowest BCUT2D eigenvalue weighted by molar-refractivity contribution is 0.0949. The number of hydrogen-bond acceptors (Lipinski definition) is 3. The molecule has 0 bridgehead atoms. The summed E-state index contributed by atoms with van der Waals surface area (Å²) in [4.78, 5) is 29.7. The van der Waals surface area contributed by atoms with E-state index < -0.39 is 0 Å². The van der Waals surface area contributed by atoms with Gasteiger partial charge < -0.3 is 10.6 Å². The minimum absolute atomic E-state index is 0.183. The molecule has 0 spiro atoms. The highest BCUT2D eigenvalue weighted by Crippen LogP contribution is 2.17. The Morgan fingerprint density at radius 1 is 1.07 bits per heavy atom. The molecule has 2 heterocycles. The number of amides is 2. The second-order valence-corrected chi connectivity index (χ2v) is 6.95. The lowest BCUT2D eigenvalue weighted by Crippen LogP contribution is -2.26. The van der Waals surface area contributed by atoms with Gasteiger partial charge in [0.1, 0.15) is 0 Å². The van der Waals surface area contributed by atoms with E-state index in [2.05, 4.69) is 29.5 Å². The molecule has 3 rings (SSSR count). The summed E-state index contributed by atoms with van der Waals surface area (Å²) in [5.41, 5.74) is 2.54. The molecule has 0 radical (unpaired) electrons. The van der Waals surface area contributed by atoms with Gasteiger partial charge in [0, 0.05) is 18.4 Å². The Bertz CT molecular complexity index is 975. The molecule has 0 fully saturated rings. The fraction of sp³-hybridized carbons (Fsp3) is 0.286. The average Bonchev–Trinajstić information content (AvgIpc) is 3.03. The van der Waals surface area contributed by atoms with E-state index in [0.717, 1.165) is 17.7 Å². The van der Waals surface area contributed by atoms with E-state index >= 15 is 0 Å². The summed E-state index contributed by atoms with van der Waals surface area (Å²) in [6.45, 7) is 6.71. The third-order valence-corrected chi connectivity index (χ3v) is 4.37. The van der Waals surface area contributed by atoms with E-state index in [1.807, 2.05) is 37.3 Å². The lowest BCUT2D eigenvalue weighted by Gasteiger charge is -2.07. The van der Waals surface area contributed by atoms with E-state index in [0.29, 0.717) is 18.0 Å². The maximum atomic E-state index is 12.8. The fourth-order valence-electron chi connectivity index (χ4n) is 2.81. The Morgan fingerprint density at radius 3 is 2.56 bits per heavy atom. The summed E-state index contributed by atoms with van der Waals surface area (Å²) >= 11 is 0. The molecular weight excluding hydrogens is 340 g/mol. The summed E-state index contributed by atoms with van der Waals surface area (Å²) in [5, 5.41) is 5.76. The first-order valence-electron chi connectivity index (χ1n) is 9.09. The predicted octanol–water partition coefficient (Wildman–Crippen LogP) is 3.67. The normalized spacial score (nSPS) is 11.0. The number of aryl methyl sites for hydroxylation is 1. The Kier molecular flexibility index (Phi) is 5.54. The number of para-hydroxylation sites is 1. The van der Waals surface area contributed by atoms with Crippen LogP contribution in [0, 0.1) is 12.8 Å². The van der Waals surface area contributed by atoms with E-state index in [4.69, 9.17) is 0 Å². The van der Waals surface area contributed by atoms with Crippen molar-refractivity contribution in [1.29, 1.82) is 0 Å². The van der Waals surface area contributed by atoms with Gasteiger partial charge in [-0.15, -0.1) is 0 Å². The van der Waals surface area contributed by atoms with E-state index in [1.165, 1.54) is 0 Å². The van der Waals surface area contributed by atoms with Crippen LogP contribution in [-0.2, 0) is 0 Å². The summed E-state index contributed by atoms with van der Waals surface area (Å²) < 4.78 is 1.64. The summed E-state index contributed by atoms with van der Waals surface area (Å²) in [6.07, 6.45) is 2.62. The van der Waals surface area contributed by atoms with Crippen molar-refractivity contribution in [3.8, 4) is 0 Å². The molecule has 0 atom stereocenters. The second kappa shape index (κ2) is 8.03. The van der Waals surface area contributed by atoms with E-state index in [-0.39, 0.29) is 23.3 Å². The standard InChI is InChI=1S/C21H24N4O2/c1-14(2)11-12-22-20(26)18-17-10-6-7-13-25(17)19(24-18)21(27)23-16-9-5-4-8-15(16)3/h4-10,13-14H,11-12H2,1-3H3,(H,22,26)(H,23,27). The third-order valence-electron chi connectivity index (χ3n) is 4.37. The van der Waals surface area contributed by atoms with Crippen molar-refractivity contribution in [2.75, 3.05) is 11.9 Å². The van der Waals surface area contributed by atoms with Gasteiger partial charge in [0.05, 0.1) is 5.52 Å². The second-order valence-electron chi connectivity index (χ2n) is 6.95. The van der Waals surface area contributed by atoms with Crippen molar-refractivity contribution in [3.05, 3.63) is 65.7 Å². The molecular formula is C21H24N4O2. The smallest absolute Gasteiger partial charge is 0.292 e. The average molecular weight is 364 g/mol. The predicted molar refractivity (Wildman–Crippen MR) is 106 cm³/mol. The molecule has 140 valence electrons. The highest BCUT2D eigenvalue weighted by atomic mass is 16.2. The number of hydrogen-bond donors (Lipinski definition) is 2. The minimum Gasteiger partial charge on any atom is -0.351 e. The highest BCUT2D eigenvalue weighted by Gasteiger charge is 2.21. The van der Waals surface area contributed by atoms with Crippen molar-refractivity contribution in [2.45, 2.75) is 27.2 Å². The van der Waals surface area contributed by atoms with Crippen LogP contribution in [0.1, 0.15) is 46.9 Å². The molecule has 0 saturated heterocycles. The number of imidazole rings is 1. The largest absolute Gasteiger partial charge is 0.351 e. The summed E-state index contributed by atoms with van der Waals surface area (Å²) in [5.74, 6) is 0.0587. The van der Waals surface area contributed by atoms with Gasteiger partial charge in [0.15, 0.2) is 5.69 Å². The van der Waals surface area contributed by atoms with E-state index in [1.54, 1.807) is 22.7 Å². The number of benzene rings is 1. The van der Waals surface area contributed by atoms with Gasteiger partial charge in [0.25, 0.3) is 11.8 Å². The molecule has 27 heavy (non-hydrogen) atoms. The van der Waals surface area contributed by atoms with Crippen LogP contribution in [0.3, 0.4) is 0 Å². The molecule has 3 aromatic rings. The zero-order valence-corrected chi connectivity index (χ0v) is 15.8. The van der Waals surface area contributed by atoms with Crippen LogP contribution in [0.4, 0.5) is 5.69 Å². The van der Waals surface area contributed by atoms with Gasteiger partial charge in [-0.05, 0) is 43.0 Å². The van der Waals surface area contributed by atoms with Gasteiger partial charge in [-0.25, -0.2) is 4.98 Å². The van der Waals surface area contributed by atoms with Crippen molar-refractivity contribution < 1.29 is 9.59 Å². The zero-order valence-electron chi connectivity index (χ0n) is 15.8. The zero-order chi connectivity index (χ0) is 19.4. The molecule has 0 aliphatic rings. The third kappa shape index (κ3) is 4.16. The molecule has 0 unspecified atom stereocenters. The van der Waals surface area contributed by atoms with Crippen LogP contribution in [-0.4, -0.2) is 27.7 Å². The van der Waals surface area contributed by atoms with Gasteiger partial charge in [-0.1, -0.05) is 38.1 Å². The molecule has 2 N–H and O–H groups in total. The van der Waals surface area contributed by atoms with Crippen molar-refractivity contribution in [1.82, 2.24) is 14.7 Å². The lowest BCUT2D eigenvalue weighted by atomic mass is 10.1. The molecule has 2 aromatic heterocycles. The maximum Gasteiger partial charge on any atom is 0.292 e. The highest BCUT2D eigenvalue weighted by molar-refractivity contribution is 6.06. The number of pyridine rings is 1. The number of carbonyl (C=O) groups excluding carboxylic acids is 2. The maximum absolute atomic E-state index is 12.8. The molecule has 0 saturated carbocycles. The first-order chi connectivity index (χ1) is 13.0. The molecule has 6 heteroatoms. The van der Waals surface area contributed by atoms with Crippen LogP contribution in [0.25, 0.3) is 5.52 Å². The van der Waals surface area contributed by atoms with Crippen LogP contribution >= 0.6 is 0 Å². The molecule has 0 aliphatic heterocycles.